The highest BCUT2D eigenvalue weighted by Gasteiger charge is 2.42. The largest absolute Gasteiger partial charge is 0.447 e. The Kier molecular flexibility index (Phi) is 4.01. The van der Waals surface area contributed by atoms with Crippen molar-refractivity contribution in [2.75, 3.05) is 6.26 Å². The quantitative estimate of drug-likeness (QED) is 0.891. The summed E-state index contributed by atoms with van der Waals surface area (Å²) in [6.45, 7) is 2.04. The lowest BCUT2D eigenvalue weighted by molar-refractivity contribution is 0.0910. The number of sulfone groups is 1. The van der Waals surface area contributed by atoms with E-state index in [1.165, 1.54) is 31.9 Å². The summed E-state index contributed by atoms with van der Waals surface area (Å²) in [4.78, 5) is 16.2. The average molecular weight is 326 g/mol. The lowest BCUT2D eigenvalue weighted by Gasteiger charge is -2.28. The summed E-state index contributed by atoms with van der Waals surface area (Å²) in [5.74, 6) is 1.59. The Morgan fingerprint density at radius 3 is 2.82 bits per heavy atom. The molecule has 22 heavy (non-hydrogen) atoms. The summed E-state index contributed by atoms with van der Waals surface area (Å²) in [7, 11) is -3.22. The second-order valence-corrected chi connectivity index (χ2v) is 8.94. The van der Waals surface area contributed by atoms with Crippen LogP contribution in [0.1, 0.15) is 49.0 Å². The molecule has 2 saturated carbocycles. The van der Waals surface area contributed by atoms with Crippen LogP contribution >= 0.6 is 0 Å². The van der Waals surface area contributed by atoms with Crippen molar-refractivity contribution >= 4 is 15.7 Å². The van der Waals surface area contributed by atoms with E-state index in [0.717, 1.165) is 18.1 Å². The summed E-state index contributed by atoms with van der Waals surface area (Å²) in [6.07, 6.45) is 7.44. The minimum absolute atomic E-state index is 0.0558. The highest BCUT2D eigenvalue weighted by atomic mass is 32.2. The Morgan fingerprint density at radius 1 is 1.45 bits per heavy atom. The molecular formula is C15H22N2O4S. The fourth-order valence-corrected chi connectivity index (χ4v) is 4.58. The molecule has 2 aliphatic rings. The molecule has 0 aromatic carbocycles. The van der Waals surface area contributed by atoms with Crippen molar-refractivity contribution in [3.8, 4) is 0 Å². The first-order chi connectivity index (χ1) is 10.3. The van der Waals surface area contributed by atoms with Crippen LogP contribution in [0.3, 0.4) is 0 Å². The molecule has 2 fully saturated rings. The van der Waals surface area contributed by atoms with Crippen molar-refractivity contribution in [2.45, 2.75) is 44.4 Å². The van der Waals surface area contributed by atoms with Crippen molar-refractivity contribution < 1.29 is 17.6 Å². The molecule has 2 bridgehead atoms. The molecule has 1 aromatic rings. The molecule has 4 atom stereocenters. The van der Waals surface area contributed by atoms with E-state index >= 15 is 0 Å². The lowest BCUT2D eigenvalue weighted by atomic mass is 9.84. The van der Waals surface area contributed by atoms with Gasteiger partial charge in [-0.2, -0.15) is 0 Å². The molecule has 0 spiro atoms. The zero-order valence-corrected chi connectivity index (χ0v) is 13.7. The molecule has 6 nitrogen and oxygen atoms in total. The lowest BCUT2D eigenvalue weighted by Crippen LogP contribution is -2.40. The molecule has 122 valence electrons. The maximum Gasteiger partial charge on any atom is 0.273 e. The van der Waals surface area contributed by atoms with Gasteiger partial charge in [0.25, 0.3) is 5.91 Å². The summed E-state index contributed by atoms with van der Waals surface area (Å²) >= 11 is 0. The van der Waals surface area contributed by atoms with E-state index in [1.807, 2.05) is 6.92 Å². The molecule has 4 unspecified atom stereocenters. The van der Waals surface area contributed by atoms with Crippen LogP contribution in [-0.2, 0) is 15.6 Å². The van der Waals surface area contributed by atoms with Gasteiger partial charge in [0.2, 0.25) is 5.89 Å². The van der Waals surface area contributed by atoms with Crippen molar-refractivity contribution in [1.29, 1.82) is 0 Å². The van der Waals surface area contributed by atoms with Gasteiger partial charge in [0, 0.05) is 12.3 Å². The average Bonchev–Trinajstić information content (AvgIpc) is 3.11. The predicted octanol–water partition coefficient (Wildman–Crippen LogP) is 1.77. The monoisotopic (exact) mass is 326 g/mol. The number of rotatable bonds is 5. The van der Waals surface area contributed by atoms with Crippen molar-refractivity contribution in [3.63, 3.8) is 0 Å². The Bertz CT molecular complexity index is 667. The highest BCUT2D eigenvalue weighted by molar-refractivity contribution is 7.89. The first-order valence-corrected chi connectivity index (χ1v) is 9.81. The Labute approximate surface area is 130 Å². The molecule has 1 amide bonds. The maximum atomic E-state index is 12.2. The van der Waals surface area contributed by atoms with Crippen LogP contribution in [0.5, 0.6) is 0 Å². The van der Waals surface area contributed by atoms with Crippen LogP contribution in [0.4, 0.5) is 0 Å². The summed E-state index contributed by atoms with van der Waals surface area (Å²) in [6, 6.07) is 0.109. The Hall–Kier alpha value is -1.37. The van der Waals surface area contributed by atoms with Gasteiger partial charge in [-0.3, -0.25) is 4.79 Å². The summed E-state index contributed by atoms with van der Waals surface area (Å²) < 4.78 is 27.5. The normalized spacial score (nSPS) is 28.7. The molecule has 0 aliphatic heterocycles. The number of carbonyl (C=O) groups excluding carboxylic acids is 1. The number of nitrogens with zero attached hydrogens (tertiary/aromatic N) is 1. The number of hydrogen-bond donors (Lipinski definition) is 1. The fourth-order valence-electron chi connectivity index (χ4n) is 4.00. The van der Waals surface area contributed by atoms with Gasteiger partial charge in [-0.05, 0) is 43.9 Å². The van der Waals surface area contributed by atoms with Crippen LogP contribution in [0.25, 0.3) is 0 Å². The van der Waals surface area contributed by atoms with E-state index in [9.17, 15) is 13.2 Å². The second-order valence-electron chi connectivity index (χ2n) is 6.80. The molecule has 1 heterocycles. The van der Waals surface area contributed by atoms with Gasteiger partial charge in [-0.15, -0.1) is 0 Å². The number of amides is 1. The smallest absolute Gasteiger partial charge is 0.273 e. The molecule has 1 N–H and O–H groups in total. The number of hydrogen-bond acceptors (Lipinski definition) is 5. The predicted molar refractivity (Wildman–Crippen MR) is 80.9 cm³/mol. The third-order valence-corrected chi connectivity index (χ3v) is 5.74. The number of nitrogens with one attached hydrogen (secondary N) is 1. The topological polar surface area (TPSA) is 89.3 Å². The van der Waals surface area contributed by atoms with Crippen molar-refractivity contribution in [3.05, 3.63) is 17.8 Å². The van der Waals surface area contributed by atoms with Gasteiger partial charge in [-0.25, -0.2) is 13.4 Å². The van der Waals surface area contributed by atoms with Crippen LogP contribution in [0.2, 0.25) is 0 Å². The zero-order valence-electron chi connectivity index (χ0n) is 12.9. The second kappa shape index (κ2) is 5.68. The van der Waals surface area contributed by atoms with Crippen LogP contribution in [0.15, 0.2) is 10.7 Å². The number of aromatic nitrogens is 1. The molecule has 3 rings (SSSR count). The van der Waals surface area contributed by atoms with E-state index in [2.05, 4.69) is 10.3 Å². The Morgan fingerprint density at radius 2 is 2.23 bits per heavy atom. The molecule has 0 saturated heterocycles. The highest BCUT2D eigenvalue weighted by Crippen LogP contribution is 2.49. The SMILES string of the molecule is CC(NC(=O)c1coc(CS(C)(=O)=O)n1)C1CC2CCC1C2. The maximum absolute atomic E-state index is 12.2. The Balaban J connectivity index is 1.60. The van der Waals surface area contributed by atoms with Crippen molar-refractivity contribution in [1.82, 2.24) is 10.3 Å². The third-order valence-electron chi connectivity index (χ3n) is 4.96. The van der Waals surface area contributed by atoms with E-state index in [1.54, 1.807) is 0 Å². The summed E-state index contributed by atoms with van der Waals surface area (Å²) in [5, 5.41) is 2.99. The summed E-state index contributed by atoms with van der Waals surface area (Å²) in [5.41, 5.74) is 0.147. The van der Waals surface area contributed by atoms with Crippen LogP contribution in [0, 0.1) is 17.8 Å². The standard InChI is InChI=1S/C15H22N2O4S/c1-9(12-6-10-3-4-11(12)5-10)16-15(18)13-7-21-14(17-13)8-22(2,19)20/h7,9-12H,3-6,8H2,1-2H3,(H,16,18). The first kappa shape index (κ1) is 15.5. The number of fused-ring (bicyclic) bond motifs is 2. The first-order valence-electron chi connectivity index (χ1n) is 7.75. The van der Waals surface area contributed by atoms with Crippen molar-refractivity contribution in [2.24, 2.45) is 17.8 Å². The molecular weight excluding hydrogens is 304 g/mol. The molecule has 7 heteroatoms. The minimum Gasteiger partial charge on any atom is -0.447 e. The van der Waals surface area contributed by atoms with E-state index in [0.29, 0.717) is 5.92 Å². The van der Waals surface area contributed by atoms with E-state index < -0.39 is 9.84 Å². The number of carbonyl (C=O) groups is 1. The molecule has 1 aromatic heterocycles. The zero-order chi connectivity index (χ0) is 15.9. The minimum atomic E-state index is -3.22. The fraction of sp³-hybridized carbons (Fsp3) is 0.733. The van der Waals surface area contributed by atoms with E-state index in [-0.39, 0.29) is 29.3 Å². The third kappa shape index (κ3) is 3.34. The van der Waals surface area contributed by atoms with Gasteiger partial charge in [-0.1, -0.05) is 6.42 Å². The van der Waals surface area contributed by atoms with Gasteiger partial charge in [0.05, 0.1) is 0 Å². The van der Waals surface area contributed by atoms with Crippen LogP contribution < -0.4 is 5.32 Å². The van der Waals surface area contributed by atoms with Crippen LogP contribution in [-0.4, -0.2) is 31.6 Å². The molecule has 0 radical (unpaired) electrons. The molecule has 2 aliphatic carbocycles. The van der Waals surface area contributed by atoms with Gasteiger partial charge >= 0.3 is 0 Å². The van der Waals surface area contributed by atoms with E-state index in [4.69, 9.17) is 4.42 Å². The van der Waals surface area contributed by atoms with Gasteiger partial charge in [0.15, 0.2) is 15.5 Å². The van der Waals surface area contributed by atoms with Gasteiger partial charge < -0.3 is 9.73 Å². The number of oxazole rings is 1. The van der Waals surface area contributed by atoms with Gasteiger partial charge in [0.1, 0.15) is 12.0 Å².